The zero-order valence-corrected chi connectivity index (χ0v) is 17.7. The minimum absolute atomic E-state index is 0.0725. The van der Waals surface area contributed by atoms with Crippen LogP contribution in [0.5, 0.6) is 0 Å². The van der Waals surface area contributed by atoms with Crippen molar-refractivity contribution in [2.75, 3.05) is 5.32 Å². The number of amides is 2. The van der Waals surface area contributed by atoms with Crippen molar-refractivity contribution in [3.63, 3.8) is 0 Å². The summed E-state index contributed by atoms with van der Waals surface area (Å²) in [6.07, 6.45) is 2.27. The zero-order valence-electron chi connectivity index (χ0n) is 17.7. The fourth-order valence-corrected chi connectivity index (χ4v) is 4.89. The van der Waals surface area contributed by atoms with Gasteiger partial charge in [-0.2, -0.15) is 0 Å². The lowest BCUT2D eigenvalue weighted by atomic mass is 9.85. The molecule has 1 unspecified atom stereocenters. The SMILES string of the molecule is Cc1cccc(C)c1NC(=O)C12C/C(=C/c3ccccc3)C(=O)N1Cc1ccccc12. The number of anilines is 1. The van der Waals surface area contributed by atoms with Crippen LogP contribution in [0, 0.1) is 13.8 Å². The average molecular weight is 409 g/mol. The Morgan fingerprint density at radius 1 is 0.935 bits per heavy atom. The Bertz CT molecular complexity index is 1210. The molecule has 2 aliphatic rings. The quantitative estimate of drug-likeness (QED) is 0.622. The zero-order chi connectivity index (χ0) is 21.6. The van der Waals surface area contributed by atoms with Crippen molar-refractivity contribution in [1.82, 2.24) is 4.90 Å². The van der Waals surface area contributed by atoms with Gasteiger partial charge >= 0.3 is 0 Å². The molecule has 1 saturated heterocycles. The summed E-state index contributed by atoms with van der Waals surface area (Å²) in [7, 11) is 0. The van der Waals surface area contributed by atoms with Gasteiger partial charge in [0.25, 0.3) is 11.8 Å². The molecule has 154 valence electrons. The maximum Gasteiger partial charge on any atom is 0.255 e. The lowest BCUT2D eigenvalue weighted by Crippen LogP contribution is -2.47. The van der Waals surface area contributed by atoms with Gasteiger partial charge in [-0.1, -0.05) is 72.8 Å². The molecule has 0 saturated carbocycles. The highest BCUT2D eigenvalue weighted by molar-refractivity contribution is 6.11. The van der Waals surface area contributed by atoms with E-state index >= 15 is 0 Å². The second-order valence-corrected chi connectivity index (χ2v) is 8.39. The Hall–Kier alpha value is -3.66. The van der Waals surface area contributed by atoms with Crippen molar-refractivity contribution >= 4 is 23.6 Å². The molecule has 3 aromatic rings. The van der Waals surface area contributed by atoms with Gasteiger partial charge in [0.1, 0.15) is 0 Å². The molecule has 0 aliphatic carbocycles. The minimum Gasteiger partial charge on any atom is -0.323 e. The van der Waals surface area contributed by atoms with E-state index in [0.29, 0.717) is 18.5 Å². The molecular weight excluding hydrogens is 384 g/mol. The molecule has 2 heterocycles. The van der Waals surface area contributed by atoms with Gasteiger partial charge < -0.3 is 10.2 Å². The predicted octanol–water partition coefficient (Wildman–Crippen LogP) is 4.97. The van der Waals surface area contributed by atoms with Crippen LogP contribution in [0.25, 0.3) is 6.08 Å². The molecule has 0 aromatic heterocycles. The van der Waals surface area contributed by atoms with E-state index in [9.17, 15) is 9.59 Å². The maximum atomic E-state index is 13.9. The molecule has 1 fully saturated rings. The Kier molecular flexibility index (Phi) is 4.51. The largest absolute Gasteiger partial charge is 0.323 e. The van der Waals surface area contributed by atoms with Crippen molar-refractivity contribution in [3.8, 4) is 0 Å². The molecule has 2 aliphatic heterocycles. The number of carbonyl (C=O) groups excluding carboxylic acids is 2. The van der Waals surface area contributed by atoms with Gasteiger partial charge in [-0.3, -0.25) is 9.59 Å². The average Bonchev–Trinajstić information content (AvgIpc) is 3.24. The number of para-hydroxylation sites is 1. The normalized spacial score (nSPS) is 20.6. The van der Waals surface area contributed by atoms with E-state index in [4.69, 9.17) is 0 Å². The van der Waals surface area contributed by atoms with Gasteiger partial charge in [-0.25, -0.2) is 0 Å². The summed E-state index contributed by atoms with van der Waals surface area (Å²) in [6, 6.07) is 23.7. The first-order chi connectivity index (χ1) is 15.0. The van der Waals surface area contributed by atoms with Crippen LogP contribution < -0.4 is 5.32 Å². The van der Waals surface area contributed by atoms with Crippen molar-refractivity contribution in [3.05, 3.63) is 106 Å². The van der Waals surface area contributed by atoms with Crippen LogP contribution in [-0.4, -0.2) is 16.7 Å². The molecule has 0 bridgehead atoms. The topological polar surface area (TPSA) is 49.4 Å². The summed E-state index contributed by atoms with van der Waals surface area (Å²) >= 11 is 0. The van der Waals surface area contributed by atoms with Crippen molar-refractivity contribution < 1.29 is 9.59 Å². The van der Waals surface area contributed by atoms with E-state index in [0.717, 1.165) is 33.5 Å². The van der Waals surface area contributed by atoms with E-state index in [1.165, 1.54) is 0 Å². The summed E-state index contributed by atoms with van der Waals surface area (Å²) in [5, 5.41) is 3.17. The summed E-state index contributed by atoms with van der Waals surface area (Å²) in [6.45, 7) is 4.42. The minimum atomic E-state index is -1.02. The van der Waals surface area contributed by atoms with E-state index in [1.807, 2.05) is 92.7 Å². The van der Waals surface area contributed by atoms with Gasteiger partial charge in [0, 0.05) is 24.2 Å². The van der Waals surface area contributed by atoms with Gasteiger partial charge in [-0.15, -0.1) is 0 Å². The number of nitrogens with one attached hydrogen (secondary N) is 1. The van der Waals surface area contributed by atoms with Crippen LogP contribution in [0.15, 0.2) is 78.4 Å². The Morgan fingerprint density at radius 2 is 1.61 bits per heavy atom. The first kappa shape index (κ1) is 19.3. The molecule has 31 heavy (non-hydrogen) atoms. The van der Waals surface area contributed by atoms with Crippen molar-refractivity contribution in [2.24, 2.45) is 0 Å². The molecule has 4 heteroatoms. The third-order valence-corrected chi connectivity index (χ3v) is 6.45. The third-order valence-electron chi connectivity index (χ3n) is 6.45. The Balaban J connectivity index is 1.61. The first-order valence-electron chi connectivity index (χ1n) is 10.5. The summed E-state index contributed by atoms with van der Waals surface area (Å²) in [4.78, 5) is 29.1. The summed E-state index contributed by atoms with van der Waals surface area (Å²) in [5.41, 5.74) is 5.39. The van der Waals surface area contributed by atoms with Crippen LogP contribution in [0.3, 0.4) is 0 Å². The number of fused-ring (bicyclic) bond motifs is 3. The number of benzene rings is 3. The molecule has 3 aromatic carbocycles. The monoisotopic (exact) mass is 408 g/mol. The second kappa shape index (κ2) is 7.24. The molecule has 2 amide bonds. The highest BCUT2D eigenvalue weighted by Gasteiger charge is 2.58. The Morgan fingerprint density at radius 3 is 2.35 bits per heavy atom. The van der Waals surface area contributed by atoms with E-state index < -0.39 is 5.54 Å². The van der Waals surface area contributed by atoms with Gasteiger partial charge in [0.05, 0.1) is 0 Å². The van der Waals surface area contributed by atoms with E-state index in [2.05, 4.69) is 5.32 Å². The summed E-state index contributed by atoms with van der Waals surface area (Å²) in [5.74, 6) is -0.226. The predicted molar refractivity (Wildman–Crippen MR) is 122 cm³/mol. The standard InChI is InChI=1S/C27H24N2O2/c1-18-9-8-10-19(2)24(18)28-26(31)27-16-22(15-20-11-4-3-5-12-20)25(30)29(27)17-21-13-6-7-14-23(21)27/h3-15H,16-17H2,1-2H3,(H,28,31)/b22-15-. The van der Waals surface area contributed by atoms with Crippen LogP contribution in [0.2, 0.25) is 0 Å². The van der Waals surface area contributed by atoms with Gasteiger partial charge in [0.2, 0.25) is 0 Å². The smallest absolute Gasteiger partial charge is 0.255 e. The number of rotatable bonds is 3. The molecule has 0 spiro atoms. The third kappa shape index (κ3) is 2.98. The highest BCUT2D eigenvalue weighted by Crippen LogP contribution is 2.50. The fourth-order valence-electron chi connectivity index (χ4n) is 4.89. The van der Waals surface area contributed by atoms with Crippen molar-refractivity contribution in [1.29, 1.82) is 0 Å². The molecule has 5 rings (SSSR count). The van der Waals surface area contributed by atoms with Crippen LogP contribution in [-0.2, 0) is 21.7 Å². The number of aryl methyl sites for hydroxylation is 2. The number of nitrogens with zero attached hydrogens (tertiary/aromatic N) is 1. The van der Waals surface area contributed by atoms with Crippen LogP contribution in [0.4, 0.5) is 5.69 Å². The Labute approximate surface area is 182 Å². The second-order valence-electron chi connectivity index (χ2n) is 8.39. The molecular formula is C27H24N2O2. The van der Waals surface area contributed by atoms with E-state index in [1.54, 1.807) is 4.90 Å². The van der Waals surface area contributed by atoms with E-state index in [-0.39, 0.29) is 11.8 Å². The number of carbonyl (C=O) groups is 2. The maximum absolute atomic E-state index is 13.9. The van der Waals surface area contributed by atoms with Crippen molar-refractivity contribution in [2.45, 2.75) is 32.4 Å². The van der Waals surface area contributed by atoms with Crippen LogP contribution in [0.1, 0.15) is 34.2 Å². The molecule has 4 nitrogen and oxygen atoms in total. The molecule has 1 atom stereocenters. The van der Waals surface area contributed by atoms with Gasteiger partial charge in [0.15, 0.2) is 5.54 Å². The fraction of sp³-hybridized carbons (Fsp3) is 0.185. The van der Waals surface area contributed by atoms with Crippen LogP contribution >= 0.6 is 0 Å². The lowest BCUT2D eigenvalue weighted by molar-refractivity contribution is -0.137. The highest BCUT2D eigenvalue weighted by atomic mass is 16.2. The molecule has 0 radical (unpaired) electrons. The lowest BCUT2D eigenvalue weighted by Gasteiger charge is -2.31. The number of hydrogen-bond donors (Lipinski definition) is 1. The summed E-state index contributed by atoms with van der Waals surface area (Å²) < 4.78 is 0. The molecule has 1 N–H and O–H groups in total. The first-order valence-corrected chi connectivity index (χ1v) is 10.5. The number of hydrogen-bond acceptors (Lipinski definition) is 2. The van der Waals surface area contributed by atoms with Gasteiger partial charge in [-0.05, 0) is 47.7 Å².